The molecule has 0 spiro atoms. The minimum absolute atomic E-state index is 0. The van der Waals surface area contributed by atoms with E-state index in [0.717, 1.165) is 12.8 Å². The van der Waals surface area contributed by atoms with Gasteiger partial charge >= 0.3 is 0 Å². The van der Waals surface area contributed by atoms with Gasteiger partial charge in [-0.15, -0.1) is 12.4 Å². The lowest BCUT2D eigenvalue weighted by Gasteiger charge is -1.99. The first-order chi connectivity index (χ1) is 9.77. The summed E-state index contributed by atoms with van der Waals surface area (Å²) in [5, 5.41) is 0. The first-order valence-corrected chi connectivity index (χ1v) is 8.70. The average molecular weight is 335 g/mol. The van der Waals surface area contributed by atoms with E-state index in [1.807, 2.05) is 0 Å². The maximum Gasteiger partial charge on any atom is 0.217 e. The van der Waals surface area contributed by atoms with Crippen molar-refractivity contribution in [2.24, 2.45) is 5.73 Å². The van der Waals surface area contributed by atoms with Crippen LogP contribution < -0.4 is 11.9 Å². The third-order valence-corrected chi connectivity index (χ3v) is 3.68. The molecule has 134 valence electrons. The van der Waals surface area contributed by atoms with Gasteiger partial charge in [0.1, 0.15) is 0 Å². The number of nitrogens with two attached hydrogens (primary N) is 1. The van der Waals surface area contributed by atoms with Gasteiger partial charge in [-0.25, -0.2) is 0 Å². The molecule has 0 heterocycles. The number of hydrogen-bond acceptors (Lipinski definition) is 2. The Morgan fingerprint density at radius 2 is 1.18 bits per heavy atom. The Hall–Kier alpha value is -0.540. The van der Waals surface area contributed by atoms with E-state index in [9.17, 15) is 4.79 Å². The Kier molecular flexibility index (Phi) is 27.2. The van der Waals surface area contributed by atoms with Gasteiger partial charge in [0.2, 0.25) is 5.91 Å². The second-order valence-electron chi connectivity index (χ2n) is 5.80. The summed E-state index contributed by atoms with van der Waals surface area (Å²) in [5.74, 6) is -0.164. The van der Waals surface area contributed by atoms with E-state index in [0.29, 0.717) is 6.42 Å². The van der Waals surface area contributed by atoms with Gasteiger partial charge < -0.3 is 11.9 Å². The fourth-order valence-electron chi connectivity index (χ4n) is 2.37. The molecule has 0 saturated carbocycles. The Bertz CT molecular complexity index is 245. The molecule has 0 aromatic heterocycles. The quantitative estimate of drug-likeness (QED) is 0.280. The third kappa shape index (κ3) is 24.5. The first kappa shape index (κ1) is 26.4. The van der Waals surface area contributed by atoms with Gasteiger partial charge in [-0.3, -0.25) is 4.79 Å². The highest BCUT2D eigenvalue weighted by atomic mass is 35.5. The number of carbonyl (C=O) groups is 1. The number of allylic oxidation sites excluding steroid dienone is 2. The lowest BCUT2D eigenvalue weighted by atomic mass is 10.1. The SMILES string of the molecule is CCCCCCCC/C=C\CCCCCCCC(N)=O.Cl.N. The van der Waals surface area contributed by atoms with Gasteiger partial charge in [-0.1, -0.05) is 70.4 Å². The van der Waals surface area contributed by atoms with Gasteiger partial charge in [0.15, 0.2) is 0 Å². The number of carbonyl (C=O) groups excluding carboxylic acids is 1. The largest absolute Gasteiger partial charge is 0.370 e. The summed E-state index contributed by atoms with van der Waals surface area (Å²) >= 11 is 0. The highest BCUT2D eigenvalue weighted by molar-refractivity contribution is 5.85. The lowest BCUT2D eigenvalue weighted by molar-refractivity contribution is -0.118. The van der Waals surface area contributed by atoms with E-state index in [1.54, 1.807) is 0 Å². The Morgan fingerprint density at radius 1 is 0.773 bits per heavy atom. The Labute approximate surface area is 144 Å². The molecular formula is C18H39ClN2O. The predicted molar refractivity (Wildman–Crippen MR) is 101 cm³/mol. The summed E-state index contributed by atoms with van der Waals surface area (Å²) in [4.78, 5) is 10.5. The van der Waals surface area contributed by atoms with Gasteiger partial charge in [-0.2, -0.15) is 0 Å². The maximum atomic E-state index is 10.5. The van der Waals surface area contributed by atoms with Crippen molar-refractivity contribution in [1.82, 2.24) is 6.15 Å². The molecule has 0 fully saturated rings. The molecule has 0 bridgehead atoms. The van der Waals surface area contributed by atoms with Crippen LogP contribution in [0.3, 0.4) is 0 Å². The predicted octanol–water partition coefficient (Wildman–Crippen LogP) is 6.09. The second-order valence-corrected chi connectivity index (χ2v) is 5.80. The van der Waals surface area contributed by atoms with Crippen molar-refractivity contribution >= 4 is 18.3 Å². The topological polar surface area (TPSA) is 78.1 Å². The molecule has 0 aromatic carbocycles. The van der Waals surface area contributed by atoms with E-state index >= 15 is 0 Å². The summed E-state index contributed by atoms with van der Waals surface area (Å²) in [6, 6.07) is 0. The van der Waals surface area contributed by atoms with Crippen LogP contribution in [0, 0.1) is 0 Å². The van der Waals surface area contributed by atoms with E-state index in [2.05, 4.69) is 19.1 Å². The van der Waals surface area contributed by atoms with Crippen LogP contribution in [-0.2, 0) is 4.79 Å². The van der Waals surface area contributed by atoms with Crippen LogP contribution in [-0.4, -0.2) is 5.91 Å². The van der Waals surface area contributed by atoms with Crippen molar-refractivity contribution < 1.29 is 4.79 Å². The van der Waals surface area contributed by atoms with Crippen molar-refractivity contribution in [2.75, 3.05) is 0 Å². The molecule has 5 N–H and O–H groups in total. The van der Waals surface area contributed by atoms with Crippen LogP contribution in [0.1, 0.15) is 96.8 Å². The Morgan fingerprint density at radius 3 is 1.64 bits per heavy atom. The third-order valence-electron chi connectivity index (χ3n) is 3.68. The van der Waals surface area contributed by atoms with Crippen molar-refractivity contribution in [1.29, 1.82) is 0 Å². The van der Waals surface area contributed by atoms with Crippen molar-refractivity contribution in [2.45, 2.75) is 96.8 Å². The van der Waals surface area contributed by atoms with Crippen LogP contribution in [0.2, 0.25) is 0 Å². The van der Waals surface area contributed by atoms with E-state index < -0.39 is 0 Å². The molecule has 0 atom stereocenters. The second kappa shape index (κ2) is 22.7. The van der Waals surface area contributed by atoms with Crippen LogP contribution in [0.25, 0.3) is 0 Å². The zero-order valence-electron chi connectivity index (χ0n) is 14.7. The van der Waals surface area contributed by atoms with Crippen LogP contribution >= 0.6 is 12.4 Å². The monoisotopic (exact) mass is 334 g/mol. The normalized spacial score (nSPS) is 10.2. The van der Waals surface area contributed by atoms with Crippen LogP contribution in [0.15, 0.2) is 12.2 Å². The van der Waals surface area contributed by atoms with E-state index in [4.69, 9.17) is 5.73 Å². The van der Waals surface area contributed by atoms with E-state index in [-0.39, 0.29) is 24.5 Å². The van der Waals surface area contributed by atoms with Gasteiger partial charge in [0.25, 0.3) is 0 Å². The summed E-state index contributed by atoms with van der Waals surface area (Å²) in [5.41, 5.74) is 5.10. The number of hydrogen-bond donors (Lipinski definition) is 2. The van der Waals surface area contributed by atoms with Crippen molar-refractivity contribution in [3.63, 3.8) is 0 Å². The summed E-state index contributed by atoms with van der Waals surface area (Å²) in [7, 11) is 0. The van der Waals surface area contributed by atoms with Crippen molar-refractivity contribution in [3.8, 4) is 0 Å². The molecule has 0 radical (unpaired) electrons. The first-order valence-electron chi connectivity index (χ1n) is 8.70. The Balaban J connectivity index is -0.00000180. The number of amides is 1. The summed E-state index contributed by atoms with van der Waals surface area (Å²) < 4.78 is 0. The molecular weight excluding hydrogens is 296 g/mol. The van der Waals surface area contributed by atoms with Gasteiger partial charge in [0.05, 0.1) is 0 Å². The molecule has 0 aliphatic carbocycles. The average Bonchev–Trinajstić information content (AvgIpc) is 2.43. The summed E-state index contributed by atoms with van der Waals surface area (Å²) in [6.07, 6.45) is 21.9. The fraction of sp³-hybridized carbons (Fsp3) is 0.833. The molecule has 0 aliphatic heterocycles. The molecule has 22 heavy (non-hydrogen) atoms. The standard InChI is InChI=1S/C18H35NO.ClH.H3N/c1-2-3-4-5-6-7-8-9-10-11-12-13-14-15-16-17-18(19)20;;/h9-10H,2-8,11-17H2,1H3,(H2,19,20);1H;1H3/b10-9-;;. The van der Waals surface area contributed by atoms with Gasteiger partial charge in [0, 0.05) is 6.42 Å². The summed E-state index contributed by atoms with van der Waals surface area (Å²) in [6.45, 7) is 2.26. The minimum Gasteiger partial charge on any atom is -0.370 e. The lowest BCUT2D eigenvalue weighted by Crippen LogP contribution is -2.09. The van der Waals surface area contributed by atoms with Crippen LogP contribution in [0.4, 0.5) is 0 Å². The molecule has 1 amide bonds. The molecule has 0 unspecified atom stereocenters. The highest BCUT2D eigenvalue weighted by Gasteiger charge is 1.94. The molecule has 0 saturated heterocycles. The maximum absolute atomic E-state index is 10.5. The molecule has 0 rings (SSSR count). The highest BCUT2D eigenvalue weighted by Crippen LogP contribution is 2.09. The molecule has 0 aromatic rings. The molecule has 0 aliphatic rings. The zero-order chi connectivity index (χ0) is 14.9. The molecule has 4 heteroatoms. The van der Waals surface area contributed by atoms with E-state index in [1.165, 1.54) is 70.6 Å². The smallest absolute Gasteiger partial charge is 0.217 e. The minimum atomic E-state index is -0.164. The number of unbranched alkanes of at least 4 members (excludes halogenated alkanes) is 11. The fourth-order valence-corrected chi connectivity index (χ4v) is 2.37. The van der Waals surface area contributed by atoms with Crippen molar-refractivity contribution in [3.05, 3.63) is 12.2 Å². The number of rotatable bonds is 15. The van der Waals surface area contributed by atoms with Crippen LogP contribution in [0.5, 0.6) is 0 Å². The molecule has 3 nitrogen and oxygen atoms in total. The number of halogens is 1. The number of primary amides is 1. The zero-order valence-corrected chi connectivity index (χ0v) is 15.5. The van der Waals surface area contributed by atoms with Gasteiger partial charge in [-0.05, 0) is 32.1 Å².